The maximum atomic E-state index is 14.3. The Morgan fingerprint density at radius 3 is 2.82 bits per heavy atom. The van der Waals surface area contributed by atoms with Gasteiger partial charge in [-0.2, -0.15) is 5.48 Å². The molecule has 2 atom stereocenters. The quantitative estimate of drug-likeness (QED) is 0.569. The molecule has 1 aromatic carbocycles. The highest BCUT2D eigenvalue weighted by molar-refractivity contribution is 5.36. The minimum atomic E-state index is -1.27. The molecule has 6 heteroatoms. The summed E-state index contributed by atoms with van der Waals surface area (Å²) in [4.78, 5) is 2.39. The molecule has 3 N–H and O–H groups in total. The second-order valence-electron chi connectivity index (χ2n) is 6.27. The van der Waals surface area contributed by atoms with Crippen molar-refractivity contribution in [2.75, 3.05) is 19.8 Å². The van der Waals surface area contributed by atoms with E-state index in [-0.39, 0.29) is 5.82 Å². The van der Waals surface area contributed by atoms with E-state index in [4.69, 9.17) is 9.94 Å². The SMILES string of the molecule is CC[C@H]1Cc2c(F)cc(C(O)NO)cc2CN1CC1COC1. The molecule has 3 rings (SSSR count). The summed E-state index contributed by atoms with van der Waals surface area (Å²) < 4.78 is 19.6. The molecule has 1 saturated heterocycles. The molecule has 0 spiro atoms. The van der Waals surface area contributed by atoms with Crippen molar-refractivity contribution in [1.82, 2.24) is 10.4 Å². The van der Waals surface area contributed by atoms with Gasteiger partial charge in [-0.05, 0) is 36.1 Å². The van der Waals surface area contributed by atoms with E-state index in [2.05, 4.69) is 11.8 Å². The molecular weight excluding hydrogens is 287 g/mol. The first kappa shape index (κ1) is 15.8. The van der Waals surface area contributed by atoms with Crippen LogP contribution in [0.15, 0.2) is 12.1 Å². The zero-order chi connectivity index (χ0) is 15.7. The number of nitrogens with zero attached hydrogens (tertiary/aromatic N) is 1. The van der Waals surface area contributed by atoms with Crippen LogP contribution in [0.5, 0.6) is 0 Å². The Morgan fingerprint density at radius 1 is 1.45 bits per heavy atom. The Kier molecular flexibility index (Phi) is 4.75. The van der Waals surface area contributed by atoms with Crippen LogP contribution in [0.3, 0.4) is 0 Å². The predicted molar refractivity (Wildman–Crippen MR) is 78.8 cm³/mol. The number of rotatable bonds is 5. The summed E-state index contributed by atoms with van der Waals surface area (Å²) in [6.07, 6.45) is 0.403. The molecule has 2 aliphatic heterocycles. The lowest BCUT2D eigenvalue weighted by Crippen LogP contribution is -2.47. The van der Waals surface area contributed by atoms with Crippen molar-refractivity contribution < 1.29 is 19.4 Å². The van der Waals surface area contributed by atoms with Gasteiger partial charge in [0.15, 0.2) is 6.23 Å². The first-order chi connectivity index (χ1) is 10.6. The van der Waals surface area contributed by atoms with Crippen molar-refractivity contribution in [1.29, 1.82) is 0 Å². The monoisotopic (exact) mass is 310 g/mol. The van der Waals surface area contributed by atoms with Crippen LogP contribution in [0.1, 0.15) is 36.3 Å². The van der Waals surface area contributed by atoms with Crippen molar-refractivity contribution in [3.63, 3.8) is 0 Å². The molecule has 1 unspecified atom stereocenters. The van der Waals surface area contributed by atoms with Crippen molar-refractivity contribution in [3.8, 4) is 0 Å². The summed E-state index contributed by atoms with van der Waals surface area (Å²) in [5.41, 5.74) is 3.74. The Labute approximate surface area is 129 Å². The summed E-state index contributed by atoms with van der Waals surface area (Å²) in [7, 11) is 0. The van der Waals surface area contributed by atoms with Crippen molar-refractivity contribution in [2.24, 2.45) is 5.92 Å². The first-order valence-electron chi connectivity index (χ1n) is 7.83. The fourth-order valence-corrected chi connectivity index (χ4v) is 3.37. The molecule has 22 heavy (non-hydrogen) atoms. The Hall–Kier alpha value is -1.05. The van der Waals surface area contributed by atoms with Crippen molar-refractivity contribution in [2.45, 2.75) is 38.6 Å². The summed E-state index contributed by atoms with van der Waals surface area (Å²) in [6, 6.07) is 3.42. The molecule has 1 aromatic rings. The number of hydrogen-bond donors (Lipinski definition) is 3. The van der Waals surface area contributed by atoms with Crippen LogP contribution >= 0.6 is 0 Å². The molecule has 1 fully saturated rings. The predicted octanol–water partition coefficient (Wildman–Crippen LogP) is 1.58. The van der Waals surface area contributed by atoms with E-state index in [0.29, 0.717) is 30.5 Å². The number of benzene rings is 1. The molecule has 0 aromatic heterocycles. The van der Waals surface area contributed by atoms with Gasteiger partial charge in [0.2, 0.25) is 0 Å². The fourth-order valence-electron chi connectivity index (χ4n) is 3.37. The molecule has 0 radical (unpaired) electrons. The van der Waals surface area contributed by atoms with Crippen molar-refractivity contribution in [3.05, 3.63) is 34.6 Å². The highest BCUT2D eigenvalue weighted by Gasteiger charge is 2.31. The lowest BCUT2D eigenvalue weighted by molar-refractivity contribution is -0.0544. The smallest absolute Gasteiger partial charge is 0.152 e. The molecule has 0 aliphatic carbocycles. The Morgan fingerprint density at radius 2 is 2.23 bits per heavy atom. The summed E-state index contributed by atoms with van der Waals surface area (Å²) >= 11 is 0. The average molecular weight is 310 g/mol. The molecule has 5 nitrogen and oxygen atoms in total. The van der Waals surface area contributed by atoms with Crippen LogP contribution in [0.4, 0.5) is 4.39 Å². The van der Waals surface area contributed by atoms with Crippen LogP contribution in [-0.4, -0.2) is 41.0 Å². The zero-order valence-corrected chi connectivity index (χ0v) is 12.8. The molecule has 0 saturated carbocycles. The third kappa shape index (κ3) is 3.02. The van der Waals surface area contributed by atoms with E-state index < -0.39 is 6.23 Å². The van der Waals surface area contributed by atoms with Gasteiger partial charge >= 0.3 is 0 Å². The largest absolute Gasteiger partial charge is 0.381 e. The molecule has 122 valence electrons. The zero-order valence-electron chi connectivity index (χ0n) is 12.8. The summed E-state index contributed by atoms with van der Waals surface area (Å²) in [5.74, 6) is 0.264. The lowest BCUT2D eigenvalue weighted by atomic mass is 9.89. The second-order valence-corrected chi connectivity index (χ2v) is 6.27. The van der Waals surface area contributed by atoms with E-state index in [1.807, 2.05) is 0 Å². The number of aliphatic hydroxyl groups is 1. The van der Waals surface area contributed by atoms with Gasteiger partial charge in [0.25, 0.3) is 0 Å². The van der Waals surface area contributed by atoms with Gasteiger partial charge in [-0.25, -0.2) is 4.39 Å². The van der Waals surface area contributed by atoms with E-state index in [9.17, 15) is 9.50 Å². The number of halogens is 1. The van der Waals surface area contributed by atoms with Crippen LogP contribution < -0.4 is 5.48 Å². The lowest BCUT2D eigenvalue weighted by Gasteiger charge is -2.40. The number of hydroxylamine groups is 1. The Bertz CT molecular complexity index is 536. The number of hydrogen-bond acceptors (Lipinski definition) is 5. The minimum absolute atomic E-state index is 0.299. The van der Waals surface area contributed by atoms with Gasteiger partial charge in [0.1, 0.15) is 5.82 Å². The molecule has 2 aliphatic rings. The standard InChI is InChI=1S/C16H23FN2O3/c1-2-13-5-14-12(7-19(13)6-10-8-22-9-10)3-11(4-15(14)17)16(20)18-21/h3-4,10,13,16,18,20-21H,2,5-9H2,1H3/t13-,16?/m0/s1. The van der Waals surface area contributed by atoms with Gasteiger partial charge in [0, 0.05) is 30.6 Å². The molecule has 2 heterocycles. The number of nitrogens with one attached hydrogen (secondary N) is 1. The molecule has 0 amide bonds. The van der Waals surface area contributed by atoms with E-state index in [1.54, 1.807) is 11.5 Å². The number of ether oxygens (including phenoxy) is 1. The van der Waals surface area contributed by atoms with E-state index >= 15 is 0 Å². The average Bonchev–Trinajstić information content (AvgIpc) is 2.49. The van der Waals surface area contributed by atoms with E-state index in [1.165, 1.54) is 6.07 Å². The maximum absolute atomic E-state index is 14.3. The normalized spacial score (nSPS) is 23.9. The Balaban J connectivity index is 1.85. The topological polar surface area (TPSA) is 65.0 Å². The van der Waals surface area contributed by atoms with Gasteiger partial charge in [-0.1, -0.05) is 6.92 Å². The van der Waals surface area contributed by atoms with Gasteiger partial charge in [0.05, 0.1) is 13.2 Å². The van der Waals surface area contributed by atoms with Crippen LogP contribution in [0.2, 0.25) is 0 Å². The minimum Gasteiger partial charge on any atom is -0.381 e. The van der Waals surface area contributed by atoms with Gasteiger partial charge in [-0.3, -0.25) is 4.90 Å². The van der Waals surface area contributed by atoms with Crippen LogP contribution in [-0.2, 0) is 17.7 Å². The van der Waals surface area contributed by atoms with Crippen LogP contribution in [0.25, 0.3) is 0 Å². The van der Waals surface area contributed by atoms with Crippen LogP contribution in [0, 0.1) is 11.7 Å². The molecule has 0 bridgehead atoms. The first-order valence-corrected chi connectivity index (χ1v) is 7.83. The molecular formula is C16H23FN2O3. The maximum Gasteiger partial charge on any atom is 0.152 e. The third-order valence-corrected chi connectivity index (χ3v) is 4.75. The highest BCUT2D eigenvalue weighted by Crippen LogP contribution is 2.30. The summed E-state index contributed by atoms with van der Waals surface area (Å²) in [6.45, 7) is 5.38. The number of aliphatic hydroxyl groups excluding tert-OH is 1. The van der Waals surface area contributed by atoms with Crippen molar-refractivity contribution >= 4 is 0 Å². The van der Waals surface area contributed by atoms with Gasteiger partial charge < -0.3 is 15.1 Å². The third-order valence-electron chi connectivity index (χ3n) is 4.75. The fraction of sp³-hybridized carbons (Fsp3) is 0.625. The van der Waals surface area contributed by atoms with E-state index in [0.717, 1.165) is 37.3 Å². The summed E-state index contributed by atoms with van der Waals surface area (Å²) in [5, 5.41) is 18.5. The van der Waals surface area contributed by atoms with Gasteiger partial charge in [-0.15, -0.1) is 0 Å². The second kappa shape index (κ2) is 6.60. The highest BCUT2D eigenvalue weighted by atomic mass is 19.1. The number of fused-ring (bicyclic) bond motifs is 1.